The minimum absolute atomic E-state index is 0. The van der Waals surface area contributed by atoms with Crippen LogP contribution in [0, 0.1) is 0 Å². The Morgan fingerprint density at radius 1 is 1.11 bits per heavy atom. The van der Waals surface area contributed by atoms with Crippen molar-refractivity contribution in [1.82, 2.24) is 15.2 Å². The number of ether oxygens (including phenoxy) is 2. The van der Waals surface area contributed by atoms with Gasteiger partial charge in [-0.1, -0.05) is 6.07 Å². The van der Waals surface area contributed by atoms with Gasteiger partial charge in [-0.25, -0.2) is 4.98 Å². The number of likely N-dealkylation sites (tertiary alicyclic amines) is 1. The molecular weight excluding hydrogens is 389 g/mol. The molecule has 1 fully saturated rings. The predicted octanol–water partition coefficient (Wildman–Crippen LogP) is 3.31. The largest absolute Gasteiger partial charge is 0.484 e. The van der Waals surface area contributed by atoms with Gasteiger partial charge in [-0.05, 0) is 50.2 Å². The standard InChI is InChI=1S/C19H23N3O3.2ClH/c1-20-15-9-12-22(13-10-15)19(23)14-24-16-5-7-17(8-6-16)25-18-4-2-3-11-21-18;;/h2-8,11,15,20H,9-10,12-14H2,1H3;2*1H. The molecule has 1 aliphatic heterocycles. The zero-order valence-corrected chi connectivity index (χ0v) is 16.8. The van der Waals surface area contributed by atoms with Crippen molar-refractivity contribution in [2.75, 3.05) is 26.7 Å². The highest BCUT2D eigenvalue weighted by Gasteiger charge is 2.21. The Balaban J connectivity index is 0.00000182. The third kappa shape index (κ3) is 6.90. The van der Waals surface area contributed by atoms with Crippen molar-refractivity contribution in [2.24, 2.45) is 0 Å². The number of amides is 1. The lowest BCUT2D eigenvalue weighted by Crippen LogP contribution is -2.45. The van der Waals surface area contributed by atoms with Crippen molar-refractivity contribution in [3.8, 4) is 17.4 Å². The first-order chi connectivity index (χ1) is 12.2. The zero-order valence-electron chi connectivity index (χ0n) is 15.2. The van der Waals surface area contributed by atoms with Crippen LogP contribution in [0.25, 0.3) is 0 Å². The fourth-order valence-corrected chi connectivity index (χ4v) is 2.79. The Kier molecular flexibility index (Phi) is 9.93. The van der Waals surface area contributed by atoms with E-state index in [2.05, 4.69) is 10.3 Å². The highest BCUT2D eigenvalue weighted by molar-refractivity contribution is 5.85. The molecule has 148 valence electrons. The Bertz CT molecular complexity index is 678. The van der Waals surface area contributed by atoms with Crippen LogP contribution < -0.4 is 14.8 Å². The second-order valence-corrected chi connectivity index (χ2v) is 5.97. The lowest BCUT2D eigenvalue weighted by molar-refractivity contribution is -0.134. The highest BCUT2D eigenvalue weighted by Crippen LogP contribution is 2.22. The number of benzene rings is 1. The monoisotopic (exact) mass is 413 g/mol. The SMILES string of the molecule is CNC1CCN(C(=O)COc2ccc(Oc3ccccn3)cc2)CC1.Cl.Cl. The van der Waals surface area contributed by atoms with E-state index in [1.165, 1.54) is 0 Å². The Hall–Kier alpha value is -2.02. The average molecular weight is 414 g/mol. The Labute approximate surface area is 172 Å². The van der Waals surface area contributed by atoms with E-state index in [-0.39, 0.29) is 37.3 Å². The molecule has 6 nitrogen and oxygen atoms in total. The normalized spacial score (nSPS) is 13.9. The third-order valence-electron chi connectivity index (χ3n) is 4.30. The number of carbonyl (C=O) groups is 1. The van der Waals surface area contributed by atoms with Crippen LogP contribution in [0.4, 0.5) is 0 Å². The molecule has 2 aromatic rings. The third-order valence-corrected chi connectivity index (χ3v) is 4.30. The number of pyridine rings is 1. The van der Waals surface area contributed by atoms with Crippen LogP contribution in [0.1, 0.15) is 12.8 Å². The van der Waals surface area contributed by atoms with Gasteiger partial charge in [0.05, 0.1) is 0 Å². The summed E-state index contributed by atoms with van der Waals surface area (Å²) in [5.41, 5.74) is 0. The van der Waals surface area contributed by atoms with E-state index < -0.39 is 0 Å². The Morgan fingerprint density at radius 3 is 2.37 bits per heavy atom. The molecule has 2 heterocycles. The highest BCUT2D eigenvalue weighted by atomic mass is 35.5. The summed E-state index contributed by atoms with van der Waals surface area (Å²) in [6.07, 6.45) is 3.65. The van der Waals surface area contributed by atoms with Crippen molar-refractivity contribution >= 4 is 30.7 Å². The van der Waals surface area contributed by atoms with Gasteiger partial charge in [0.2, 0.25) is 5.88 Å². The van der Waals surface area contributed by atoms with Gasteiger partial charge >= 0.3 is 0 Å². The molecular formula is C19H25Cl2N3O3. The summed E-state index contributed by atoms with van der Waals surface area (Å²) in [6, 6.07) is 13.2. The summed E-state index contributed by atoms with van der Waals surface area (Å²) in [4.78, 5) is 18.2. The fraction of sp³-hybridized carbons (Fsp3) is 0.368. The minimum atomic E-state index is 0. The fourth-order valence-electron chi connectivity index (χ4n) is 2.79. The van der Waals surface area contributed by atoms with Gasteiger partial charge in [-0.15, -0.1) is 24.8 Å². The number of halogens is 2. The zero-order chi connectivity index (χ0) is 17.5. The molecule has 1 aromatic heterocycles. The van der Waals surface area contributed by atoms with Crippen LogP contribution in [0.15, 0.2) is 48.7 Å². The number of piperidine rings is 1. The maximum atomic E-state index is 12.2. The first kappa shape index (κ1) is 23.0. The number of nitrogens with one attached hydrogen (secondary N) is 1. The van der Waals surface area contributed by atoms with Gasteiger partial charge in [0, 0.05) is 31.4 Å². The van der Waals surface area contributed by atoms with Crippen LogP contribution in [-0.4, -0.2) is 48.6 Å². The summed E-state index contributed by atoms with van der Waals surface area (Å²) < 4.78 is 11.2. The second kappa shape index (κ2) is 11.6. The molecule has 0 radical (unpaired) electrons. The summed E-state index contributed by atoms with van der Waals surface area (Å²) in [5, 5.41) is 3.26. The van der Waals surface area contributed by atoms with Crippen LogP contribution in [-0.2, 0) is 4.79 Å². The number of nitrogens with zero attached hydrogens (tertiary/aromatic N) is 2. The Morgan fingerprint density at radius 2 is 1.78 bits per heavy atom. The number of hydrogen-bond acceptors (Lipinski definition) is 5. The number of hydrogen-bond donors (Lipinski definition) is 1. The summed E-state index contributed by atoms with van der Waals surface area (Å²) >= 11 is 0. The quantitative estimate of drug-likeness (QED) is 0.786. The predicted molar refractivity (Wildman–Crippen MR) is 109 cm³/mol. The molecule has 0 bridgehead atoms. The first-order valence-corrected chi connectivity index (χ1v) is 8.51. The van der Waals surface area contributed by atoms with E-state index in [0.29, 0.717) is 23.4 Å². The molecule has 8 heteroatoms. The van der Waals surface area contributed by atoms with Gasteiger partial charge in [-0.3, -0.25) is 4.79 Å². The summed E-state index contributed by atoms with van der Waals surface area (Å²) in [7, 11) is 1.96. The maximum absolute atomic E-state index is 12.2. The van der Waals surface area contributed by atoms with Crippen molar-refractivity contribution in [3.05, 3.63) is 48.7 Å². The minimum Gasteiger partial charge on any atom is -0.484 e. The van der Waals surface area contributed by atoms with Crippen LogP contribution in [0.5, 0.6) is 17.4 Å². The van der Waals surface area contributed by atoms with Crippen molar-refractivity contribution in [3.63, 3.8) is 0 Å². The molecule has 27 heavy (non-hydrogen) atoms. The van der Waals surface area contributed by atoms with E-state index in [9.17, 15) is 4.79 Å². The van der Waals surface area contributed by atoms with E-state index in [1.807, 2.05) is 24.1 Å². The smallest absolute Gasteiger partial charge is 0.260 e. The molecule has 0 spiro atoms. The molecule has 0 aliphatic carbocycles. The van der Waals surface area contributed by atoms with Crippen molar-refractivity contribution in [2.45, 2.75) is 18.9 Å². The molecule has 0 atom stereocenters. The van der Waals surface area contributed by atoms with Gasteiger partial charge in [-0.2, -0.15) is 0 Å². The van der Waals surface area contributed by atoms with Crippen molar-refractivity contribution < 1.29 is 14.3 Å². The molecule has 1 aliphatic rings. The van der Waals surface area contributed by atoms with E-state index >= 15 is 0 Å². The van der Waals surface area contributed by atoms with Gasteiger partial charge in [0.15, 0.2) is 6.61 Å². The number of carbonyl (C=O) groups excluding carboxylic acids is 1. The van der Waals surface area contributed by atoms with Gasteiger partial charge < -0.3 is 19.7 Å². The number of aromatic nitrogens is 1. The molecule has 0 saturated carbocycles. The lowest BCUT2D eigenvalue weighted by atomic mass is 10.1. The molecule has 3 rings (SSSR count). The average Bonchev–Trinajstić information content (AvgIpc) is 2.68. The second-order valence-electron chi connectivity index (χ2n) is 5.97. The molecule has 1 saturated heterocycles. The lowest BCUT2D eigenvalue weighted by Gasteiger charge is -2.31. The van der Waals surface area contributed by atoms with Crippen molar-refractivity contribution in [1.29, 1.82) is 0 Å². The first-order valence-electron chi connectivity index (χ1n) is 8.51. The maximum Gasteiger partial charge on any atom is 0.260 e. The van der Waals surface area contributed by atoms with Gasteiger partial charge in [0.25, 0.3) is 5.91 Å². The van der Waals surface area contributed by atoms with E-state index in [0.717, 1.165) is 25.9 Å². The molecule has 1 aromatic carbocycles. The van der Waals surface area contributed by atoms with Crippen LogP contribution >= 0.6 is 24.8 Å². The van der Waals surface area contributed by atoms with Crippen LogP contribution in [0.3, 0.4) is 0 Å². The molecule has 1 amide bonds. The summed E-state index contributed by atoms with van der Waals surface area (Å²) in [6.45, 7) is 1.62. The van der Waals surface area contributed by atoms with E-state index in [4.69, 9.17) is 9.47 Å². The molecule has 0 unspecified atom stereocenters. The summed E-state index contributed by atoms with van der Waals surface area (Å²) in [5.74, 6) is 1.89. The van der Waals surface area contributed by atoms with E-state index in [1.54, 1.807) is 36.5 Å². The van der Waals surface area contributed by atoms with Gasteiger partial charge in [0.1, 0.15) is 11.5 Å². The topological polar surface area (TPSA) is 63.7 Å². The number of rotatable bonds is 6. The molecule has 1 N–H and O–H groups in total. The van der Waals surface area contributed by atoms with Crippen LogP contribution in [0.2, 0.25) is 0 Å².